The zero-order valence-corrected chi connectivity index (χ0v) is 12.5. The maximum Gasteiger partial charge on any atom is 0.256 e. The van der Waals surface area contributed by atoms with Crippen molar-refractivity contribution in [3.8, 4) is 0 Å². The molecule has 0 aliphatic carbocycles. The van der Waals surface area contributed by atoms with Gasteiger partial charge >= 0.3 is 0 Å². The second-order valence-corrected chi connectivity index (χ2v) is 5.51. The van der Waals surface area contributed by atoms with Crippen LogP contribution in [0.1, 0.15) is 0 Å². The molecule has 2 aromatic carbocycles. The minimum absolute atomic E-state index is 0.0900. The maximum absolute atomic E-state index is 12.1. The summed E-state index contributed by atoms with van der Waals surface area (Å²) in [5.41, 5.74) is 1.29. The number of nitrogens with one attached hydrogen (secondary N) is 2. The molecule has 3 rings (SSSR count). The molecule has 1 heterocycles. The van der Waals surface area contributed by atoms with Crippen molar-refractivity contribution in [1.29, 1.82) is 0 Å². The molecule has 0 aliphatic rings. The Morgan fingerprint density at radius 3 is 2.55 bits per heavy atom. The van der Waals surface area contributed by atoms with Crippen LogP contribution in [0.3, 0.4) is 0 Å². The highest BCUT2D eigenvalue weighted by molar-refractivity contribution is 6.14. The Labute approximate surface area is 127 Å². The molecule has 112 valence electrons. The molecule has 0 radical (unpaired) electrons. The highest BCUT2D eigenvalue weighted by Gasteiger charge is 2.11. The molecule has 0 unspecified atom stereocenters. The van der Waals surface area contributed by atoms with Gasteiger partial charge < -0.3 is 15.2 Å². The molecular formula is C17H17N3O2. The van der Waals surface area contributed by atoms with Crippen molar-refractivity contribution < 1.29 is 4.79 Å². The van der Waals surface area contributed by atoms with E-state index >= 15 is 0 Å². The minimum Gasteiger partial charge on any atom is -0.324 e. The molecule has 1 amide bonds. The number of H-pyrrole nitrogens is 1. The van der Waals surface area contributed by atoms with Crippen LogP contribution in [0, 0.1) is 0 Å². The molecule has 0 fully saturated rings. The van der Waals surface area contributed by atoms with Crippen molar-refractivity contribution in [2.24, 2.45) is 0 Å². The number of hydrogen-bond acceptors (Lipinski definition) is 3. The summed E-state index contributed by atoms with van der Waals surface area (Å²) in [5, 5.41) is 5.23. The number of pyridine rings is 1. The van der Waals surface area contributed by atoms with Gasteiger partial charge in [-0.2, -0.15) is 0 Å². The fourth-order valence-corrected chi connectivity index (χ4v) is 2.62. The summed E-state index contributed by atoms with van der Waals surface area (Å²) >= 11 is 0. The Morgan fingerprint density at radius 2 is 1.82 bits per heavy atom. The van der Waals surface area contributed by atoms with Gasteiger partial charge in [-0.05, 0) is 37.7 Å². The number of anilines is 1. The first kappa shape index (κ1) is 14.3. The lowest BCUT2D eigenvalue weighted by molar-refractivity contribution is -0.116. The van der Waals surface area contributed by atoms with Gasteiger partial charge in [0, 0.05) is 10.8 Å². The van der Waals surface area contributed by atoms with Crippen LogP contribution < -0.4 is 10.9 Å². The Hall–Kier alpha value is -2.66. The number of hydrogen-bond donors (Lipinski definition) is 2. The Balaban J connectivity index is 2.21. The van der Waals surface area contributed by atoms with Gasteiger partial charge in [0.15, 0.2) is 0 Å². The maximum atomic E-state index is 12.1. The first-order valence-corrected chi connectivity index (χ1v) is 7.04. The molecule has 0 spiro atoms. The van der Waals surface area contributed by atoms with E-state index in [2.05, 4.69) is 10.3 Å². The van der Waals surface area contributed by atoms with Crippen molar-refractivity contribution in [2.45, 2.75) is 0 Å². The van der Waals surface area contributed by atoms with E-state index in [0.717, 1.165) is 10.8 Å². The monoisotopic (exact) mass is 295 g/mol. The predicted octanol–water partition coefficient (Wildman–Crippen LogP) is 2.18. The van der Waals surface area contributed by atoms with E-state index in [1.165, 1.54) is 0 Å². The van der Waals surface area contributed by atoms with Crippen molar-refractivity contribution in [3.05, 3.63) is 52.8 Å². The molecule has 0 aliphatic heterocycles. The van der Waals surface area contributed by atoms with Gasteiger partial charge in [0.05, 0.1) is 17.7 Å². The number of carbonyl (C=O) groups is 1. The predicted molar refractivity (Wildman–Crippen MR) is 89.3 cm³/mol. The molecule has 0 atom stereocenters. The molecular weight excluding hydrogens is 278 g/mol. The van der Waals surface area contributed by atoms with E-state index in [9.17, 15) is 9.59 Å². The third-order valence-electron chi connectivity index (χ3n) is 3.49. The van der Waals surface area contributed by atoms with E-state index in [-0.39, 0.29) is 11.5 Å². The topological polar surface area (TPSA) is 65.2 Å². The highest BCUT2D eigenvalue weighted by Crippen LogP contribution is 2.28. The molecule has 1 aromatic heterocycles. The standard InChI is InChI=1S/C17H17N3O2/c1-20(2)10-15(21)18-13-8-5-9-14-16(13)11-6-3-4-7-12(11)17(22)19-14/h3-9H,10H2,1-2H3,(H,18,21)(H,19,22). The summed E-state index contributed by atoms with van der Waals surface area (Å²) in [7, 11) is 3.69. The summed E-state index contributed by atoms with van der Waals surface area (Å²) in [6.45, 7) is 0.303. The summed E-state index contributed by atoms with van der Waals surface area (Å²) in [5.74, 6) is -0.0900. The lowest BCUT2D eigenvalue weighted by atomic mass is 10.0. The van der Waals surface area contributed by atoms with E-state index in [0.29, 0.717) is 23.1 Å². The second-order valence-electron chi connectivity index (χ2n) is 5.51. The van der Waals surface area contributed by atoms with E-state index in [1.807, 2.05) is 50.5 Å². The van der Waals surface area contributed by atoms with Crippen LogP contribution in [-0.2, 0) is 4.79 Å². The largest absolute Gasteiger partial charge is 0.324 e. The molecule has 22 heavy (non-hydrogen) atoms. The van der Waals surface area contributed by atoms with Crippen molar-refractivity contribution in [1.82, 2.24) is 9.88 Å². The Kier molecular flexibility index (Phi) is 3.65. The fourth-order valence-electron chi connectivity index (χ4n) is 2.62. The van der Waals surface area contributed by atoms with Crippen LogP contribution in [0.2, 0.25) is 0 Å². The number of aromatic nitrogens is 1. The summed E-state index contributed by atoms with van der Waals surface area (Å²) in [4.78, 5) is 28.8. The zero-order chi connectivity index (χ0) is 15.7. The van der Waals surface area contributed by atoms with Gasteiger partial charge in [0.1, 0.15) is 0 Å². The SMILES string of the molecule is CN(C)CC(=O)Nc1cccc2[nH]c(=O)c3ccccc3c12. The van der Waals surface area contributed by atoms with Crippen LogP contribution >= 0.6 is 0 Å². The summed E-state index contributed by atoms with van der Waals surface area (Å²) in [6, 6.07) is 12.9. The van der Waals surface area contributed by atoms with Crippen LogP contribution in [0.5, 0.6) is 0 Å². The number of carbonyl (C=O) groups excluding carboxylic acids is 1. The molecule has 3 aromatic rings. The van der Waals surface area contributed by atoms with E-state index in [1.54, 1.807) is 11.0 Å². The van der Waals surface area contributed by atoms with Gasteiger partial charge in [0.25, 0.3) is 5.56 Å². The molecule has 5 heteroatoms. The van der Waals surface area contributed by atoms with Crippen LogP contribution in [0.25, 0.3) is 21.7 Å². The molecule has 0 bridgehead atoms. The zero-order valence-electron chi connectivity index (χ0n) is 12.5. The van der Waals surface area contributed by atoms with E-state index in [4.69, 9.17) is 0 Å². The summed E-state index contributed by atoms with van der Waals surface area (Å²) in [6.07, 6.45) is 0. The Bertz CT molecular complexity index is 913. The molecule has 0 saturated carbocycles. The average molecular weight is 295 g/mol. The van der Waals surface area contributed by atoms with E-state index < -0.39 is 0 Å². The first-order chi connectivity index (χ1) is 10.6. The third-order valence-corrected chi connectivity index (χ3v) is 3.49. The van der Waals surface area contributed by atoms with Gasteiger partial charge in [-0.3, -0.25) is 9.59 Å². The number of amides is 1. The number of benzene rings is 2. The highest BCUT2D eigenvalue weighted by atomic mass is 16.2. The van der Waals surface area contributed by atoms with Crippen molar-refractivity contribution in [2.75, 3.05) is 26.0 Å². The van der Waals surface area contributed by atoms with Gasteiger partial charge in [-0.15, -0.1) is 0 Å². The van der Waals surface area contributed by atoms with Gasteiger partial charge in [-0.1, -0.05) is 24.3 Å². The second kappa shape index (κ2) is 5.61. The van der Waals surface area contributed by atoms with Crippen molar-refractivity contribution in [3.63, 3.8) is 0 Å². The third kappa shape index (κ3) is 2.58. The fraction of sp³-hybridized carbons (Fsp3) is 0.176. The molecule has 0 saturated heterocycles. The number of aromatic amines is 1. The lowest BCUT2D eigenvalue weighted by Crippen LogP contribution is -2.27. The number of likely N-dealkylation sites (N-methyl/N-ethyl adjacent to an activating group) is 1. The first-order valence-electron chi connectivity index (χ1n) is 7.04. The van der Waals surface area contributed by atoms with Crippen LogP contribution in [0.15, 0.2) is 47.3 Å². The average Bonchev–Trinajstić information content (AvgIpc) is 2.46. The molecule has 5 nitrogen and oxygen atoms in total. The lowest BCUT2D eigenvalue weighted by Gasteiger charge is -2.13. The minimum atomic E-state index is -0.125. The number of fused-ring (bicyclic) bond motifs is 3. The van der Waals surface area contributed by atoms with Crippen molar-refractivity contribution >= 4 is 33.3 Å². The van der Waals surface area contributed by atoms with Gasteiger partial charge in [-0.25, -0.2) is 0 Å². The normalized spacial score (nSPS) is 11.2. The molecule has 2 N–H and O–H groups in total. The number of rotatable bonds is 3. The number of nitrogens with zero attached hydrogens (tertiary/aromatic N) is 1. The smallest absolute Gasteiger partial charge is 0.256 e. The van der Waals surface area contributed by atoms with Crippen LogP contribution in [-0.4, -0.2) is 36.4 Å². The Morgan fingerprint density at radius 1 is 1.09 bits per heavy atom. The quantitative estimate of drug-likeness (QED) is 0.728. The van der Waals surface area contributed by atoms with Crippen LogP contribution in [0.4, 0.5) is 5.69 Å². The summed E-state index contributed by atoms with van der Waals surface area (Å²) < 4.78 is 0. The van der Waals surface area contributed by atoms with Gasteiger partial charge in [0.2, 0.25) is 5.91 Å².